The summed E-state index contributed by atoms with van der Waals surface area (Å²) in [6, 6.07) is 7.86. The van der Waals surface area contributed by atoms with Crippen LogP contribution in [0.25, 0.3) is 0 Å². The Kier molecular flexibility index (Phi) is 5.01. The average Bonchev–Trinajstić information content (AvgIpc) is 2.48. The fourth-order valence-corrected chi connectivity index (χ4v) is 2.71. The highest BCUT2D eigenvalue weighted by molar-refractivity contribution is 5.84. The number of ether oxygens (including phenoxy) is 1. The van der Waals surface area contributed by atoms with Gasteiger partial charge in [-0.2, -0.15) is 0 Å². The Bertz CT molecular complexity index is 436. The van der Waals surface area contributed by atoms with Gasteiger partial charge in [-0.05, 0) is 23.6 Å². The Labute approximate surface area is 121 Å². The second kappa shape index (κ2) is 6.75. The minimum atomic E-state index is -0.0704. The number of carbonyl (C=O) groups is 1. The Morgan fingerprint density at radius 1 is 1.20 bits per heavy atom. The fourth-order valence-electron chi connectivity index (χ4n) is 2.71. The van der Waals surface area contributed by atoms with Crippen molar-refractivity contribution in [1.29, 1.82) is 0 Å². The van der Waals surface area contributed by atoms with Crippen LogP contribution in [0.5, 0.6) is 5.75 Å². The molecule has 1 aromatic rings. The van der Waals surface area contributed by atoms with E-state index in [1.165, 1.54) is 0 Å². The van der Waals surface area contributed by atoms with E-state index in [1.807, 2.05) is 29.2 Å². The van der Waals surface area contributed by atoms with Crippen LogP contribution in [-0.4, -0.2) is 44.1 Å². The predicted molar refractivity (Wildman–Crippen MR) is 80.0 cm³/mol. The molecule has 2 rings (SSSR count). The molecule has 0 bridgehead atoms. The van der Waals surface area contributed by atoms with Crippen LogP contribution in [0.2, 0.25) is 0 Å². The lowest BCUT2D eigenvalue weighted by molar-refractivity contribution is -0.134. The molecule has 1 atom stereocenters. The van der Waals surface area contributed by atoms with Gasteiger partial charge in [0.05, 0.1) is 13.0 Å². The second-order valence-electron chi connectivity index (χ2n) is 5.57. The number of hydrogen-bond donors (Lipinski definition) is 1. The maximum Gasteiger partial charge on any atom is 0.230 e. The minimum absolute atomic E-state index is 0.0704. The lowest BCUT2D eigenvalue weighted by Gasteiger charge is -2.32. The normalized spacial score (nSPS) is 17.1. The van der Waals surface area contributed by atoms with E-state index in [0.29, 0.717) is 0 Å². The van der Waals surface area contributed by atoms with Crippen LogP contribution in [0.4, 0.5) is 0 Å². The maximum atomic E-state index is 12.8. The molecule has 0 aliphatic carbocycles. The van der Waals surface area contributed by atoms with Crippen LogP contribution < -0.4 is 10.1 Å². The summed E-state index contributed by atoms with van der Waals surface area (Å²) in [4.78, 5) is 14.7. The first-order valence-corrected chi connectivity index (χ1v) is 7.27. The summed E-state index contributed by atoms with van der Waals surface area (Å²) < 4.78 is 5.18. The van der Waals surface area contributed by atoms with Gasteiger partial charge in [0.1, 0.15) is 5.75 Å². The molecule has 1 amide bonds. The highest BCUT2D eigenvalue weighted by atomic mass is 16.5. The van der Waals surface area contributed by atoms with Crippen LogP contribution in [-0.2, 0) is 4.79 Å². The number of benzene rings is 1. The van der Waals surface area contributed by atoms with E-state index in [9.17, 15) is 4.79 Å². The average molecular weight is 276 g/mol. The number of amides is 1. The van der Waals surface area contributed by atoms with Crippen LogP contribution in [0.3, 0.4) is 0 Å². The summed E-state index contributed by atoms with van der Waals surface area (Å²) in [7, 11) is 1.65. The van der Waals surface area contributed by atoms with Gasteiger partial charge < -0.3 is 15.0 Å². The summed E-state index contributed by atoms with van der Waals surface area (Å²) in [5.74, 6) is 1.28. The van der Waals surface area contributed by atoms with Gasteiger partial charge in [-0.25, -0.2) is 0 Å². The fraction of sp³-hybridized carbons (Fsp3) is 0.562. The van der Waals surface area contributed by atoms with Gasteiger partial charge in [-0.1, -0.05) is 26.0 Å². The van der Waals surface area contributed by atoms with E-state index in [-0.39, 0.29) is 17.7 Å². The van der Waals surface area contributed by atoms with Crippen molar-refractivity contribution in [2.45, 2.75) is 19.8 Å². The van der Waals surface area contributed by atoms with Crippen molar-refractivity contribution in [2.75, 3.05) is 33.3 Å². The Morgan fingerprint density at radius 2 is 1.80 bits per heavy atom. The van der Waals surface area contributed by atoms with Crippen LogP contribution >= 0.6 is 0 Å². The van der Waals surface area contributed by atoms with E-state index >= 15 is 0 Å². The summed E-state index contributed by atoms with van der Waals surface area (Å²) in [6.45, 7) is 7.60. The number of nitrogens with one attached hydrogen (secondary N) is 1. The molecule has 1 aliphatic rings. The first-order valence-electron chi connectivity index (χ1n) is 7.27. The third-order valence-corrected chi connectivity index (χ3v) is 3.84. The largest absolute Gasteiger partial charge is 0.497 e. The zero-order chi connectivity index (χ0) is 14.5. The Morgan fingerprint density at radius 3 is 2.30 bits per heavy atom. The first kappa shape index (κ1) is 14.9. The van der Waals surface area contributed by atoms with Gasteiger partial charge in [0.15, 0.2) is 0 Å². The molecule has 20 heavy (non-hydrogen) atoms. The van der Waals surface area contributed by atoms with Crippen molar-refractivity contribution >= 4 is 5.91 Å². The summed E-state index contributed by atoms with van der Waals surface area (Å²) >= 11 is 0. The summed E-state index contributed by atoms with van der Waals surface area (Å²) in [5, 5.41) is 3.28. The van der Waals surface area contributed by atoms with Gasteiger partial charge >= 0.3 is 0 Å². The third kappa shape index (κ3) is 3.31. The molecule has 1 aromatic carbocycles. The number of piperazine rings is 1. The second-order valence-corrected chi connectivity index (χ2v) is 5.57. The van der Waals surface area contributed by atoms with E-state index in [4.69, 9.17) is 4.74 Å². The quantitative estimate of drug-likeness (QED) is 0.913. The maximum absolute atomic E-state index is 12.8. The minimum Gasteiger partial charge on any atom is -0.497 e. The third-order valence-electron chi connectivity index (χ3n) is 3.84. The SMILES string of the molecule is COc1ccc(C(C(=O)N2CCNCC2)C(C)C)cc1. The number of nitrogens with zero attached hydrogens (tertiary/aromatic N) is 1. The number of hydrogen-bond acceptors (Lipinski definition) is 3. The van der Waals surface area contributed by atoms with Crippen molar-refractivity contribution in [1.82, 2.24) is 10.2 Å². The predicted octanol–water partition coefficient (Wildman–Crippen LogP) is 1.87. The smallest absolute Gasteiger partial charge is 0.230 e. The molecular weight excluding hydrogens is 252 g/mol. The molecule has 1 aliphatic heterocycles. The molecule has 4 nitrogen and oxygen atoms in total. The van der Waals surface area contributed by atoms with E-state index in [0.717, 1.165) is 37.5 Å². The number of rotatable bonds is 4. The van der Waals surface area contributed by atoms with Gasteiger partial charge in [0, 0.05) is 26.2 Å². The van der Waals surface area contributed by atoms with E-state index in [2.05, 4.69) is 19.2 Å². The molecule has 0 saturated carbocycles. The lowest BCUT2D eigenvalue weighted by Crippen LogP contribution is -2.48. The van der Waals surface area contributed by atoms with Crippen LogP contribution in [0, 0.1) is 5.92 Å². The zero-order valence-corrected chi connectivity index (χ0v) is 12.6. The summed E-state index contributed by atoms with van der Waals surface area (Å²) in [5.41, 5.74) is 1.07. The molecular formula is C16H24N2O2. The zero-order valence-electron chi connectivity index (χ0n) is 12.6. The number of methoxy groups -OCH3 is 1. The van der Waals surface area contributed by atoms with E-state index in [1.54, 1.807) is 7.11 Å². The van der Waals surface area contributed by atoms with E-state index < -0.39 is 0 Å². The molecule has 0 radical (unpaired) electrons. The van der Waals surface area contributed by atoms with Crippen molar-refractivity contribution in [3.8, 4) is 5.75 Å². The highest BCUT2D eigenvalue weighted by Gasteiger charge is 2.29. The molecule has 110 valence electrons. The van der Waals surface area contributed by atoms with Crippen LogP contribution in [0.15, 0.2) is 24.3 Å². The molecule has 1 heterocycles. The molecule has 1 N–H and O–H groups in total. The van der Waals surface area contributed by atoms with Crippen molar-refractivity contribution in [3.63, 3.8) is 0 Å². The van der Waals surface area contributed by atoms with Crippen molar-refractivity contribution in [3.05, 3.63) is 29.8 Å². The standard InChI is InChI=1S/C16H24N2O2/c1-12(2)15(13-4-6-14(20-3)7-5-13)16(19)18-10-8-17-9-11-18/h4-7,12,15,17H,8-11H2,1-3H3. The van der Waals surface area contributed by atoms with Crippen molar-refractivity contribution in [2.24, 2.45) is 5.92 Å². The Hall–Kier alpha value is -1.55. The van der Waals surface area contributed by atoms with Gasteiger partial charge in [0.25, 0.3) is 0 Å². The molecule has 1 saturated heterocycles. The molecule has 0 aromatic heterocycles. The Balaban J connectivity index is 2.18. The summed E-state index contributed by atoms with van der Waals surface area (Å²) in [6.07, 6.45) is 0. The molecule has 4 heteroatoms. The van der Waals surface area contributed by atoms with Gasteiger partial charge in [0.2, 0.25) is 5.91 Å². The van der Waals surface area contributed by atoms with Crippen LogP contribution in [0.1, 0.15) is 25.3 Å². The van der Waals surface area contributed by atoms with Crippen molar-refractivity contribution < 1.29 is 9.53 Å². The highest BCUT2D eigenvalue weighted by Crippen LogP contribution is 2.28. The van der Waals surface area contributed by atoms with Gasteiger partial charge in [-0.15, -0.1) is 0 Å². The number of carbonyl (C=O) groups excluding carboxylic acids is 1. The molecule has 0 spiro atoms. The topological polar surface area (TPSA) is 41.6 Å². The lowest BCUT2D eigenvalue weighted by atomic mass is 9.87. The molecule has 1 fully saturated rings. The monoisotopic (exact) mass is 276 g/mol. The molecule has 1 unspecified atom stereocenters. The van der Waals surface area contributed by atoms with Gasteiger partial charge in [-0.3, -0.25) is 4.79 Å². The first-order chi connectivity index (χ1) is 9.63.